The Labute approximate surface area is 233 Å². The topological polar surface area (TPSA) is 105 Å². The van der Waals surface area contributed by atoms with E-state index in [9.17, 15) is 14.0 Å². The molecule has 2 aromatic carbocycles. The molecule has 2 aliphatic carbocycles. The van der Waals surface area contributed by atoms with E-state index >= 15 is 0 Å². The molecule has 0 bridgehead atoms. The Hall–Kier alpha value is -4.07. The smallest absolute Gasteiger partial charge is 0.269 e. The Morgan fingerprint density at radius 2 is 2.10 bits per heavy atom. The van der Waals surface area contributed by atoms with Crippen molar-refractivity contribution in [2.45, 2.75) is 42.2 Å². The number of ether oxygens (including phenoxy) is 1. The third-order valence-corrected chi connectivity index (χ3v) is 8.66. The highest BCUT2D eigenvalue weighted by Crippen LogP contribution is 2.40. The van der Waals surface area contributed by atoms with Gasteiger partial charge in [0.2, 0.25) is 5.91 Å². The number of pyridine rings is 1. The molecule has 1 saturated carbocycles. The van der Waals surface area contributed by atoms with Crippen LogP contribution in [0.5, 0.6) is 5.75 Å². The summed E-state index contributed by atoms with van der Waals surface area (Å²) in [5.74, 6) is 4.58. The van der Waals surface area contributed by atoms with Gasteiger partial charge in [0.1, 0.15) is 23.0 Å². The number of hydrogen-bond donors (Lipinski definition) is 3. The fourth-order valence-corrected chi connectivity index (χ4v) is 5.99. The average molecular weight is 557 g/mol. The quantitative estimate of drug-likeness (QED) is 0.171. The molecule has 202 valence electrons. The molecule has 4 aromatic rings. The number of benzene rings is 2. The number of amides is 2. The highest BCUT2D eigenvalue weighted by Gasteiger charge is 2.50. The zero-order valence-corrected chi connectivity index (χ0v) is 22.1. The van der Waals surface area contributed by atoms with Crippen molar-refractivity contribution < 1.29 is 23.1 Å². The molecule has 10 heteroatoms. The molecule has 40 heavy (non-hydrogen) atoms. The Morgan fingerprint density at radius 3 is 2.88 bits per heavy atom. The molecule has 0 spiro atoms. The van der Waals surface area contributed by atoms with Crippen LogP contribution < -0.4 is 20.1 Å². The highest BCUT2D eigenvalue weighted by molar-refractivity contribution is 7.98. The van der Waals surface area contributed by atoms with E-state index < -0.39 is 29.4 Å². The van der Waals surface area contributed by atoms with Crippen LogP contribution in [-0.4, -0.2) is 46.3 Å². The summed E-state index contributed by atoms with van der Waals surface area (Å²) in [6, 6.07) is 11.3. The van der Waals surface area contributed by atoms with Crippen LogP contribution in [0.4, 0.5) is 4.39 Å². The van der Waals surface area contributed by atoms with E-state index in [1.165, 1.54) is 24.1 Å². The SMILES string of the molecule is C=CC1C#CC1(NC(=O)C1CC(Oc2c3cc(F)ccc3nc3c2oc2ccccc23)CN1)C(=O)NSC1CC1. The molecule has 3 heterocycles. The van der Waals surface area contributed by atoms with Gasteiger partial charge in [-0.3, -0.25) is 14.3 Å². The van der Waals surface area contributed by atoms with Crippen molar-refractivity contribution in [1.82, 2.24) is 20.3 Å². The molecule has 4 unspecified atom stereocenters. The lowest BCUT2D eigenvalue weighted by Gasteiger charge is -2.37. The van der Waals surface area contributed by atoms with Crippen LogP contribution >= 0.6 is 11.9 Å². The maximum atomic E-state index is 14.3. The monoisotopic (exact) mass is 556 g/mol. The van der Waals surface area contributed by atoms with Crippen molar-refractivity contribution in [1.29, 1.82) is 0 Å². The molecule has 4 atom stereocenters. The predicted molar refractivity (Wildman–Crippen MR) is 151 cm³/mol. The minimum atomic E-state index is -1.35. The first-order chi connectivity index (χ1) is 19.4. The van der Waals surface area contributed by atoms with Crippen LogP contribution in [0.15, 0.2) is 59.5 Å². The third-order valence-electron chi connectivity index (χ3n) is 7.55. The number of carbonyl (C=O) groups is 2. The minimum absolute atomic E-state index is 0.327. The van der Waals surface area contributed by atoms with Gasteiger partial charge in [0.05, 0.1) is 17.5 Å². The Balaban J connectivity index is 1.13. The van der Waals surface area contributed by atoms with Gasteiger partial charge in [0.25, 0.3) is 5.91 Å². The van der Waals surface area contributed by atoms with Crippen molar-refractivity contribution in [3.05, 3.63) is 60.9 Å². The second-order valence-corrected chi connectivity index (χ2v) is 11.4. The lowest BCUT2D eigenvalue weighted by molar-refractivity contribution is -0.132. The van der Waals surface area contributed by atoms with Crippen LogP contribution in [0.25, 0.3) is 33.0 Å². The first-order valence-corrected chi connectivity index (χ1v) is 14.1. The molecule has 8 nitrogen and oxygen atoms in total. The van der Waals surface area contributed by atoms with Crippen molar-refractivity contribution in [2.24, 2.45) is 5.92 Å². The summed E-state index contributed by atoms with van der Waals surface area (Å²) in [5, 5.41) is 7.81. The Morgan fingerprint density at radius 1 is 1.25 bits per heavy atom. The molecule has 2 aromatic heterocycles. The van der Waals surface area contributed by atoms with Gasteiger partial charge in [-0.05, 0) is 55.1 Å². The standard InChI is InChI=1S/C30H25FN4O4S/c1-2-16-11-12-30(16,29(37)35-40-19-8-9-19)34-28(36)23-14-18(15-32-23)38-26-21-13-17(31)7-10-22(21)33-25-20-5-3-4-6-24(20)39-27(25)26/h2-7,10,13,16,18-19,23,32H,1,8-9,14-15H2,(H,34,36)(H,35,37). The first-order valence-electron chi connectivity index (χ1n) is 13.2. The van der Waals surface area contributed by atoms with Gasteiger partial charge in [-0.25, -0.2) is 9.37 Å². The maximum absolute atomic E-state index is 14.3. The Kier molecular flexibility index (Phi) is 5.95. The van der Waals surface area contributed by atoms with Gasteiger partial charge in [0, 0.05) is 29.0 Å². The fraction of sp³-hybridized carbons (Fsp3) is 0.300. The van der Waals surface area contributed by atoms with E-state index in [1.54, 1.807) is 12.1 Å². The molecule has 2 amide bonds. The molecule has 0 radical (unpaired) electrons. The van der Waals surface area contributed by atoms with Gasteiger partial charge in [0.15, 0.2) is 16.9 Å². The van der Waals surface area contributed by atoms with Crippen LogP contribution in [0.2, 0.25) is 0 Å². The number of aromatic nitrogens is 1. The van der Waals surface area contributed by atoms with Crippen molar-refractivity contribution in [2.75, 3.05) is 6.54 Å². The summed E-state index contributed by atoms with van der Waals surface area (Å²) in [6.07, 6.45) is 3.62. The molecular formula is C30H25FN4O4S. The van der Waals surface area contributed by atoms with Gasteiger partial charge in [-0.1, -0.05) is 30.0 Å². The van der Waals surface area contributed by atoms with Gasteiger partial charge >= 0.3 is 0 Å². The molecular weight excluding hydrogens is 531 g/mol. The van der Waals surface area contributed by atoms with Crippen molar-refractivity contribution in [3.8, 4) is 17.6 Å². The van der Waals surface area contributed by atoms with E-state index in [2.05, 4.69) is 33.8 Å². The summed E-state index contributed by atoms with van der Waals surface area (Å²) in [4.78, 5) is 31.1. The van der Waals surface area contributed by atoms with Gasteiger partial charge in [-0.2, -0.15) is 0 Å². The molecule has 3 N–H and O–H groups in total. The number of nitrogens with zero attached hydrogens (tertiary/aromatic N) is 1. The predicted octanol–water partition coefficient (Wildman–Crippen LogP) is 3.98. The molecule has 1 aliphatic heterocycles. The summed E-state index contributed by atoms with van der Waals surface area (Å²) < 4.78 is 29.7. The average Bonchev–Trinajstić information content (AvgIpc) is 3.53. The number of fused-ring (bicyclic) bond motifs is 4. The second kappa shape index (κ2) is 9.54. The number of halogens is 1. The number of rotatable bonds is 8. The lowest BCUT2D eigenvalue weighted by Crippen LogP contribution is -2.66. The highest BCUT2D eigenvalue weighted by atomic mass is 32.2. The summed E-state index contributed by atoms with van der Waals surface area (Å²) >= 11 is 1.37. The third kappa shape index (κ3) is 4.17. The van der Waals surface area contributed by atoms with Crippen LogP contribution in [-0.2, 0) is 9.59 Å². The van der Waals surface area contributed by atoms with Gasteiger partial charge in [-0.15, -0.1) is 6.58 Å². The van der Waals surface area contributed by atoms with Gasteiger partial charge < -0.3 is 19.8 Å². The van der Waals surface area contributed by atoms with E-state index in [0.29, 0.717) is 51.6 Å². The number of para-hydroxylation sites is 1. The number of hydrogen-bond acceptors (Lipinski definition) is 7. The van der Waals surface area contributed by atoms with Crippen LogP contribution in [0.3, 0.4) is 0 Å². The van der Waals surface area contributed by atoms with Crippen LogP contribution in [0.1, 0.15) is 19.3 Å². The zero-order valence-electron chi connectivity index (χ0n) is 21.3. The number of nitrogens with one attached hydrogen (secondary N) is 3. The lowest BCUT2D eigenvalue weighted by atomic mass is 9.76. The number of carbonyl (C=O) groups excluding carboxylic acids is 2. The largest absolute Gasteiger partial charge is 0.484 e. The van der Waals surface area contributed by atoms with Crippen molar-refractivity contribution in [3.63, 3.8) is 0 Å². The number of furan rings is 1. The normalized spacial score (nSPS) is 25.3. The fourth-order valence-electron chi connectivity index (χ4n) is 5.19. The molecule has 2 fully saturated rings. The minimum Gasteiger partial charge on any atom is -0.484 e. The summed E-state index contributed by atoms with van der Waals surface area (Å²) in [5.41, 5.74) is 0.928. The summed E-state index contributed by atoms with van der Waals surface area (Å²) in [7, 11) is 0. The second-order valence-electron chi connectivity index (χ2n) is 10.3. The first kappa shape index (κ1) is 24.9. The van der Waals surface area contributed by atoms with E-state index in [4.69, 9.17) is 14.1 Å². The molecule has 7 rings (SSSR count). The Bertz CT molecular complexity index is 1770. The summed E-state index contributed by atoms with van der Waals surface area (Å²) in [6.45, 7) is 4.15. The van der Waals surface area contributed by atoms with E-state index in [-0.39, 0.29) is 11.8 Å². The van der Waals surface area contributed by atoms with Crippen LogP contribution in [0, 0.1) is 23.6 Å². The van der Waals surface area contributed by atoms with E-state index in [1.807, 2.05) is 24.3 Å². The zero-order chi connectivity index (χ0) is 27.4. The van der Waals surface area contributed by atoms with E-state index in [0.717, 1.165) is 18.2 Å². The molecule has 1 saturated heterocycles. The van der Waals surface area contributed by atoms with Crippen molar-refractivity contribution >= 4 is 56.7 Å². The molecule has 3 aliphatic rings. The maximum Gasteiger partial charge on any atom is 0.269 e.